The number of hydrogen-bond donors (Lipinski definition) is 5. The smallest absolute Gasteiger partial charge is 0.243 e. The van der Waals surface area contributed by atoms with Gasteiger partial charge in [0.05, 0.1) is 54.0 Å². The number of rotatable bonds is 20. The van der Waals surface area contributed by atoms with E-state index in [-0.39, 0.29) is 37.0 Å². The van der Waals surface area contributed by atoms with Gasteiger partial charge in [0, 0.05) is 37.9 Å². The molecular formula is C40H61N5O7S. The largest absolute Gasteiger partial charge is 0.391 e. The quantitative estimate of drug-likeness (QED) is 0.127. The molecule has 2 aromatic rings. The van der Waals surface area contributed by atoms with Crippen LogP contribution >= 0.6 is 11.3 Å². The van der Waals surface area contributed by atoms with Crippen molar-refractivity contribution in [2.75, 3.05) is 32.8 Å². The number of ether oxygens (including phenoxy) is 1. The molecule has 1 aromatic heterocycles. The minimum Gasteiger partial charge on any atom is -0.391 e. The minimum atomic E-state index is -1.41. The van der Waals surface area contributed by atoms with Crippen LogP contribution < -0.4 is 16.0 Å². The van der Waals surface area contributed by atoms with Crippen LogP contribution in [0.25, 0.3) is 0 Å². The SMILES string of the molecule is CCCCNC(=O)[C@@H](C[C@H](O)[C@H](CC1CCCCC1)NC(=O)[C@H](Cc1cscn1)NC(=O)C(CC(=O)N1CCOCC1)Cc1ccccc1)C(C)(C)O. The summed E-state index contributed by atoms with van der Waals surface area (Å²) >= 11 is 1.39. The van der Waals surface area contributed by atoms with Crippen LogP contribution in [0.1, 0.15) is 96.2 Å². The molecule has 1 saturated heterocycles. The summed E-state index contributed by atoms with van der Waals surface area (Å²) in [6.45, 7) is 7.46. The van der Waals surface area contributed by atoms with Crippen molar-refractivity contribution in [3.05, 3.63) is 52.5 Å². The fraction of sp³-hybridized carbons (Fsp3) is 0.675. The Morgan fingerprint density at radius 3 is 2.36 bits per heavy atom. The molecule has 5 atom stereocenters. The lowest BCUT2D eigenvalue weighted by Gasteiger charge is -2.35. The van der Waals surface area contributed by atoms with Gasteiger partial charge in [-0.25, -0.2) is 4.98 Å². The first kappa shape index (κ1) is 42.4. The summed E-state index contributed by atoms with van der Waals surface area (Å²) in [5, 5.41) is 33.6. The van der Waals surface area contributed by atoms with Crippen LogP contribution in [0.3, 0.4) is 0 Å². The molecule has 53 heavy (non-hydrogen) atoms. The van der Waals surface area contributed by atoms with Crippen LogP contribution in [0.5, 0.6) is 0 Å². The predicted octanol–water partition coefficient (Wildman–Crippen LogP) is 3.79. The zero-order valence-electron chi connectivity index (χ0n) is 31.8. The first-order valence-electron chi connectivity index (χ1n) is 19.5. The van der Waals surface area contributed by atoms with Gasteiger partial charge in [-0.05, 0) is 51.0 Å². The Morgan fingerprint density at radius 2 is 1.72 bits per heavy atom. The standard InChI is InChI=1S/C40H61N5O7S/c1-4-5-16-41-38(49)32(40(2,3)51)25-35(46)33(22-29-14-10-7-11-15-29)43-39(50)34(24-31-26-53-27-42-31)44-37(48)30(21-28-12-8-6-9-13-28)23-36(47)45-17-19-52-20-18-45/h6,8-9,12-13,26-27,29-30,32-35,46,51H,4-5,7,10-11,14-25H2,1-3H3,(H,41,49)(H,43,50)(H,44,48)/t30?,32-,33+,34+,35+/m1/s1. The Balaban J connectivity index is 1.56. The molecule has 5 N–H and O–H groups in total. The van der Waals surface area contributed by atoms with E-state index < -0.39 is 47.4 Å². The molecule has 0 radical (unpaired) electrons. The zero-order chi connectivity index (χ0) is 38.2. The zero-order valence-corrected chi connectivity index (χ0v) is 32.6. The number of aliphatic hydroxyl groups excluding tert-OH is 1. The van der Waals surface area contributed by atoms with Crippen LogP contribution in [0.2, 0.25) is 0 Å². The molecule has 1 unspecified atom stereocenters. The first-order chi connectivity index (χ1) is 25.4. The second kappa shape index (κ2) is 21.5. The van der Waals surface area contributed by atoms with Crippen molar-refractivity contribution in [1.29, 1.82) is 0 Å². The maximum Gasteiger partial charge on any atom is 0.243 e. The molecule has 2 heterocycles. The molecule has 1 aromatic carbocycles. The number of nitrogens with one attached hydrogen (secondary N) is 3. The van der Waals surface area contributed by atoms with E-state index in [1.807, 2.05) is 42.6 Å². The lowest BCUT2D eigenvalue weighted by atomic mass is 9.80. The maximum atomic E-state index is 14.3. The van der Waals surface area contributed by atoms with Crippen molar-refractivity contribution in [1.82, 2.24) is 25.8 Å². The number of hydrogen-bond acceptors (Lipinski definition) is 9. The van der Waals surface area contributed by atoms with E-state index in [4.69, 9.17) is 4.74 Å². The molecule has 1 aliphatic heterocycles. The number of benzene rings is 1. The third kappa shape index (κ3) is 14.1. The Kier molecular flexibility index (Phi) is 17.2. The summed E-state index contributed by atoms with van der Waals surface area (Å²) in [7, 11) is 0. The fourth-order valence-electron chi connectivity index (χ4n) is 7.37. The highest BCUT2D eigenvalue weighted by molar-refractivity contribution is 7.07. The van der Waals surface area contributed by atoms with Gasteiger partial charge in [0.1, 0.15) is 6.04 Å². The lowest BCUT2D eigenvalue weighted by molar-refractivity contribution is -0.140. The second-order valence-corrected chi connectivity index (χ2v) is 16.1. The van der Waals surface area contributed by atoms with E-state index >= 15 is 0 Å². The van der Waals surface area contributed by atoms with Crippen molar-refractivity contribution < 1.29 is 34.1 Å². The molecule has 1 saturated carbocycles. The molecule has 1 aliphatic carbocycles. The summed E-state index contributed by atoms with van der Waals surface area (Å²) in [5.41, 5.74) is 1.79. The van der Waals surface area contributed by atoms with Crippen LogP contribution in [0.15, 0.2) is 41.2 Å². The lowest BCUT2D eigenvalue weighted by Crippen LogP contribution is -2.56. The summed E-state index contributed by atoms with van der Waals surface area (Å²) in [4.78, 5) is 61.2. The average Bonchev–Trinajstić information content (AvgIpc) is 3.67. The molecule has 13 heteroatoms. The minimum absolute atomic E-state index is 0.0204. The normalized spacial score (nSPS) is 18.3. The van der Waals surface area contributed by atoms with Gasteiger partial charge >= 0.3 is 0 Å². The number of morpholine rings is 1. The Hall–Kier alpha value is -3.39. The van der Waals surface area contributed by atoms with E-state index in [1.54, 1.807) is 24.3 Å². The van der Waals surface area contributed by atoms with Gasteiger partial charge in [-0.15, -0.1) is 11.3 Å². The van der Waals surface area contributed by atoms with E-state index in [0.29, 0.717) is 51.4 Å². The van der Waals surface area contributed by atoms with E-state index in [9.17, 15) is 29.4 Å². The maximum absolute atomic E-state index is 14.3. The Bertz CT molecular complexity index is 1410. The second-order valence-electron chi connectivity index (χ2n) is 15.3. The number of nitrogens with zero attached hydrogens (tertiary/aromatic N) is 2. The monoisotopic (exact) mass is 755 g/mol. The summed E-state index contributed by atoms with van der Waals surface area (Å²) < 4.78 is 5.42. The highest BCUT2D eigenvalue weighted by Gasteiger charge is 2.39. The number of carbonyl (C=O) groups excluding carboxylic acids is 4. The first-order valence-corrected chi connectivity index (χ1v) is 20.4. The van der Waals surface area contributed by atoms with Crippen LogP contribution in [0, 0.1) is 17.8 Å². The topological polar surface area (TPSA) is 170 Å². The molecule has 4 amide bonds. The number of carbonyl (C=O) groups is 4. The van der Waals surface area contributed by atoms with Gasteiger partial charge in [0.15, 0.2) is 0 Å². The highest BCUT2D eigenvalue weighted by Crippen LogP contribution is 2.30. The van der Waals surface area contributed by atoms with Gasteiger partial charge in [0.25, 0.3) is 0 Å². The highest BCUT2D eigenvalue weighted by atomic mass is 32.1. The van der Waals surface area contributed by atoms with Gasteiger partial charge in [-0.3, -0.25) is 19.2 Å². The third-order valence-corrected chi connectivity index (χ3v) is 11.2. The number of unbranched alkanes of at least 4 members (excludes halogenated alkanes) is 1. The van der Waals surface area contributed by atoms with Gasteiger partial charge in [-0.2, -0.15) is 0 Å². The van der Waals surface area contributed by atoms with E-state index in [1.165, 1.54) is 11.3 Å². The van der Waals surface area contributed by atoms with E-state index in [0.717, 1.165) is 50.5 Å². The number of aromatic nitrogens is 1. The van der Waals surface area contributed by atoms with Crippen LogP contribution in [0.4, 0.5) is 0 Å². The fourth-order valence-corrected chi connectivity index (χ4v) is 7.94. The van der Waals surface area contributed by atoms with Gasteiger partial charge < -0.3 is 35.8 Å². The van der Waals surface area contributed by atoms with Crippen LogP contribution in [-0.4, -0.2) is 100 Å². The average molecular weight is 756 g/mol. The summed E-state index contributed by atoms with van der Waals surface area (Å²) in [6, 6.07) is 7.75. The third-order valence-electron chi connectivity index (χ3n) is 10.6. The van der Waals surface area contributed by atoms with Crippen LogP contribution in [-0.2, 0) is 36.8 Å². The number of aliphatic hydroxyl groups is 2. The molecule has 4 rings (SSSR count). The summed E-state index contributed by atoms with van der Waals surface area (Å²) in [6.07, 6.45) is 6.67. The Labute approximate surface area is 318 Å². The van der Waals surface area contributed by atoms with Crippen molar-refractivity contribution >= 4 is 35.0 Å². The van der Waals surface area contributed by atoms with Crippen molar-refractivity contribution in [2.45, 2.75) is 122 Å². The van der Waals surface area contributed by atoms with Crippen molar-refractivity contribution in [3.63, 3.8) is 0 Å². The molecule has 0 bridgehead atoms. The molecule has 2 aliphatic rings. The summed E-state index contributed by atoms with van der Waals surface area (Å²) in [5.74, 6) is -2.74. The molecule has 12 nitrogen and oxygen atoms in total. The van der Waals surface area contributed by atoms with Crippen molar-refractivity contribution in [2.24, 2.45) is 17.8 Å². The van der Waals surface area contributed by atoms with Gasteiger partial charge in [0.2, 0.25) is 23.6 Å². The van der Waals surface area contributed by atoms with Crippen molar-refractivity contribution in [3.8, 4) is 0 Å². The van der Waals surface area contributed by atoms with Gasteiger partial charge in [-0.1, -0.05) is 75.8 Å². The van der Waals surface area contributed by atoms with E-state index in [2.05, 4.69) is 20.9 Å². The number of amides is 4. The Morgan fingerprint density at radius 1 is 1.00 bits per heavy atom. The molecular weight excluding hydrogens is 695 g/mol. The molecule has 0 spiro atoms. The number of thiazole rings is 1. The molecule has 2 fully saturated rings. The predicted molar refractivity (Wildman–Crippen MR) is 205 cm³/mol. The molecule has 294 valence electrons.